The van der Waals surface area contributed by atoms with Crippen LogP contribution >= 0.6 is 34.2 Å². The second kappa shape index (κ2) is 6.77. The van der Waals surface area contributed by atoms with Gasteiger partial charge in [0.1, 0.15) is 0 Å². The van der Waals surface area contributed by atoms with E-state index in [0.717, 1.165) is 14.8 Å². The summed E-state index contributed by atoms with van der Waals surface area (Å²) < 4.78 is 0.998. The third-order valence-corrected chi connectivity index (χ3v) is 3.64. The monoisotopic (exact) mass is 386 g/mol. The first-order valence-electron chi connectivity index (χ1n) is 5.69. The van der Waals surface area contributed by atoms with Gasteiger partial charge in [0, 0.05) is 15.1 Å². The predicted octanol–water partition coefficient (Wildman–Crippen LogP) is 4.27. The number of para-hydroxylation sites is 1. The number of carbonyl (C=O) groups is 1. The molecule has 0 aliphatic carbocycles. The Labute approximate surface area is 130 Å². The number of amides is 2. The van der Waals surface area contributed by atoms with Gasteiger partial charge in [0.05, 0.1) is 5.69 Å². The smallest absolute Gasteiger partial charge is 0.319 e. The van der Waals surface area contributed by atoms with Gasteiger partial charge in [-0.3, -0.25) is 0 Å². The van der Waals surface area contributed by atoms with Crippen molar-refractivity contribution in [3.8, 4) is 0 Å². The third kappa shape index (κ3) is 4.40. The molecule has 0 aliphatic rings. The largest absolute Gasteiger partial charge is 0.334 e. The highest BCUT2D eigenvalue weighted by atomic mass is 127. The van der Waals surface area contributed by atoms with E-state index >= 15 is 0 Å². The summed E-state index contributed by atoms with van der Waals surface area (Å²) in [6.45, 7) is 0.440. The van der Waals surface area contributed by atoms with Crippen molar-refractivity contribution in [3.05, 3.63) is 62.7 Å². The summed E-state index contributed by atoms with van der Waals surface area (Å²) in [5.74, 6) is 0. The van der Waals surface area contributed by atoms with Gasteiger partial charge in [-0.25, -0.2) is 4.79 Å². The lowest BCUT2D eigenvalue weighted by Gasteiger charge is -2.09. The van der Waals surface area contributed by atoms with Crippen molar-refractivity contribution in [2.24, 2.45) is 0 Å². The van der Waals surface area contributed by atoms with E-state index in [-0.39, 0.29) is 6.03 Å². The standard InChI is InChI=1S/C14H12ClIN2O/c15-11-5-3-4-10(8-11)9-17-14(19)18-13-7-2-1-6-12(13)16/h1-8H,9H2,(H2,17,18,19). The van der Waals surface area contributed by atoms with E-state index < -0.39 is 0 Å². The maximum absolute atomic E-state index is 11.8. The van der Waals surface area contributed by atoms with E-state index in [2.05, 4.69) is 33.2 Å². The van der Waals surface area contributed by atoms with Crippen LogP contribution < -0.4 is 10.6 Å². The van der Waals surface area contributed by atoms with E-state index in [9.17, 15) is 4.79 Å². The summed E-state index contributed by atoms with van der Waals surface area (Å²) >= 11 is 8.06. The van der Waals surface area contributed by atoms with Crippen LogP contribution in [0.5, 0.6) is 0 Å². The molecule has 0 spiro atoms. The molecule has 2 aromatic rings. The summed E-state index contributed by atoms with van der Waals surface area (Å²) in [6.07, 6.45) is 0. The van der Waals surface area contributed by atoms with Gasteiger partial charge < -0.3 is 10.6 Å². The molecule has 0 fully saturated rings. The van der Waals surface area contributed by atoms with Crippen LogP contribution in [0.4, 0.5) is 10.5 Å². The van der Waals surface area contributed by atoms with Crippen molar-refractivity contribution in [2.75, 3.05) is 5.32 Å². The highest BCUT2D eigenvalue weighted by Gasteiger charge is 2.04. The van der Waals surface area contributed by atoms with Crippen molar-refractivity contribution < 1.29 is 4.79 Å². The van der Waals surface area contributed by atoms with Crippen LogP contribution in [0.1, 0.15) is 5.56 Å². The number of urea groups is 1. The van der Waals surface area contributed by atoms with Gasteiger partial charge in [-0.1, -0.05) is 35.9 Å². The van der Waals surface area contributed by atoms with Gasteiger partial charge in [0.15, 0.2) is 0 Å². The fraction of sp³-hybridized carbons (Fsp3) is 0.0714. The SMILES string of the molecule is O=C(NCc1cccc(Cl)c1)Nc1ccccc1I. The lowest BCUT2D eigenvalue weighted by atomic mass is 10.2. The number of nitrogens with one attached hydrogen (secondary N) is 2. The average Bonchev–Trinajstić information content (AvgIpc) is 2.39. The Kier molecular flexibility index (Phi) is 5.04. The van der Waals surface area contributed by atoms with Gasteiger partial charge >= 0.3 is 6.03 Å². The minimum atomic E-state index is -0.232. The number of halogens is 2. The zero-order valence-electron chi connectivity index (χ0n) is 9.99. The van der Waals surface area contributed by atoms with Crippen molar-refractivity contribution in [3.63, 3.8) is 0 Å². The molecule has 0 saturated heterocycles. The number of anilines is 1. The lowest BCUT2D eigenvalue weighted by molar-refractivity contribution is 0.251. The molecule has 19 heavy (non-hydrogen) atoms. The van der Waals surface area contributed by atoms with Crippen molar-refractivity contribution in [2.45, 2.75) is 6.54 Å². The molecule has 0 bridgehead atoms. The molecule has 2 aromatic carbocycles. The zero-order valence-corrected chi connectivity index (χ0v) is 12.9. The summed E-state index contributed by atoms with van der Waals surface area (Å²) in [5.41, 5.74) is 1.76. The molecule has 2 rings (SSSR count). The quantitative estimate of drug-likeness (QED) is 0.760. The highest BCUT2D eigenvalue weighted by molar-refractivity contribution is 14.1. The first-order chi connectivity index (χ1) is 9.15. The number of carbonyl (C=O) groups excluding carboxylic acids is 1. The van der Waals surface area contributed by atoms with Crippen LogP contribution in [0.15, 0.2) is 48.5 Å². The number of hydrogen-bond donors (Lipinski definition) is 2. The van der Waals surface area contributed by atoms with Crippen LogP contribution in [0.25, 0.3) is 0 Å². The minimum Gasteiger partial charge on any atom is -0.334 e. The third-order valence-electron chi connectivity index (χ3n) is 2.46. The summed E-state index contributed by atoms with van der Waals surface area (Å²) in [5, 5.41) is 6.26. The Bertz CT molecular complexity index is 589. The Balaban J connectivity index is 1.90. The van der Waals surface area contributed by atoms with Gasteiger partial charge in [-0.15, -0.1) is 0 Å². The normalized spacial score (nSPS) is 10.0. The van der Waals surface area contributed by atoms with E-state index in [1.807, 2.05) is 42.5 Å². The van der Waals surface area contributed by atoms with Crippen molar-refractivity contribution in [1.82, 2.24) is 5.32 Å². The minimum absolute atomic E-state index is 0.232. The average molecular weight is 387 g/mol. The fourth-order valence-corrected chi connectivity index (χ4v) is 2.29. The summed E-state index contributed by atoms with van der Waals surface area (Å²) in [7, 11) is 0. The molecule has 3 nitrogen and oxygen atoms in total. The van der Waals surface area contributed by atoms with Gasteiger partial charge in [0.2, 0.25) is 0 Å². The predicted molar refractivity (Wildman–Crippen MR) is 86.5 cm³/mol. The maximum atomic E-state index is 11.8. The van der Waals surface area contributed by atoms with Gasteiger partial charge in [-0.05, 0) is 52.4 Å². The second-order valence-electron chi connectivity index (χ2n) is 3.92. The number of hydrogen-bond acceptors (Lipinski definition) is 1. The Morgan fingerprint density at radius 1 is 1.16 bits per heavy atom. The van der Waals surface area contributed by atoms with Gasteiger partial charge in [0.25, 0.3) is 0 Å². The Morgan fingerprint density at radius 3 is 2.68 bits per heavy atom. The second-order valence-corrected chi connectivity index (χ2v) is 5.52. The molecule has 0 heterocycles. The molecular formula is C14H12ClIN2O. The Hall–Kier alpha value is -1.27. The highest BCUT2D eigenvalue weighted by Crippen LogP contribution is 2.16. The molecule has 5 heteroatoms. The van der Waals surface area contributed by atoms with E-state index in [4.69, 9.17) is 11.6 Å². The molecule has 0 aromatic heterocycles. The van der Waals surface area contributed by atoms with Crippen LogP contribution in [-0.2, 0) is 6.54 Å². The summed E-state index contributed by atoms with van der Waals surface area (Å²) in [4.78, 5) is 11.8. The molecule has 98 valence electrons. The summed E-state index contributed by atoms with van der Waals surface area (Å²) in [6, 6.07) is 14.8. The van der Waals surface area contributed by atoms with E-state index in [0.29, 0.717) is 11.6 Å². The molecule has 0 unspecified atom stereocenters. The number of rotatable bonds is 3. The molecule has 2 amide bonds. The molecule has 0 atom stereocenters. The van der Waals surface area contributed by atoms with Crippen molar-refractivity contribution >= 4 is 45.9 Å². The Morgan fingerprint density at radius 2 is 1.95 bits per heavy atom. The molecule has 0 aliphatic heterocycles. The van der Waals surface area contributed by atoms with Crippen molar-refractivity contribution in [1.29, 1.82) is 0 Å². The lowest BCUT2D eigenvalue weighted by Crippen LogP contribution is -2.28. The molecular weight excluding hydrogens is 375 g/mol. The van der Waals surface area contributed by atoms with E-state index in [1.54, 1.807) is 6.07 Å². The number of benzene rings is 2. The van der Waals surface area contributed by atoms with Crippen LogP contribution in [-0.4, -0.2) is 6.03 Å². The molecule has 0 saturated carbocycles. The van der Waals surface area contributed by atoms with E-state index in [1.165, 1.54) is 0 Å². The molecule has 2 N–H and O–H groups in total. The van der Waals surface area contributed by atoms with Gasteiger partial charge in [-0.2, -0.15) is 0 Å². The van der Waals surface area contributed by atoms with Crippen LogP contribution in [0, 0.1) is 3.57 Å². The van der Waals surface area contributed by atoms with Crippen LogP contribution in [0.2, 0.25) is 5.02 Å². The first kappa shape index (κ1) is 14.1. The zero-order chi connectivity index (χ0) is 13.7. The topological polar surface area (TPSA) is 41.1 Å². The fourth-order valence-electron chi connectivity index (χ4n) is 1.56. The first-order valence-corrected chi connectivity index (χ1v) is 7.14. The van der Waals surface area contributed by atoms with Crippen LogP contribution in [0.3, 0.4) is 0 Å². The molecule has 0 radical (unpaired) electrons. The maximum Gasteiger partial charge on any atom is 0.319 e.